The highest BCUT2D eigenvalue weighted by molar-refractivity contribution is 4.75. The van der Waals surface area contributed by atoms with E-state index in [9.17, 15) is 0 Å². The molecule has 0 rings (SSSR count). The van der Waals surface area contributed by atoms with Gasteiger partial charge in [0.05, 0.1) is 0 Å². The number of allylic oxidation sites excluding steroid dienone is 2. The Kier molecular flexibility index (Phi) is 11.3. The first kappa shape index (κ1) is 13.1. The van der Waals surface area contributed by atoms with Gasteiger partial charge in [0.1, 0.15) is 0 Å². The molecule has 0 saturated carbocycles. The Labute approximate surface area is 72.0 Å². The molecule has 0 heteroatoms. The van der Waals surface area contributed by atoms with Gasteiger partial charge in [-0.05, 0) is 25.2 Å². The van der Waals surface area contributed by atoms with E-state index >= 15 is 0 Å². The van der Waals surface area contributed by atoms with E-state index in [1.165, 1.54) is 19.3 Å². The van der Waals surface area contributed by atoms with Gasteiger partial charge in [0.25, 0.3) is 0 Å². The van der Waals surface area contributed by atoms with Crippen molar-refractivity contribution in [1.29, 1.82) is 0 Å². The monoisotopic (exact) mass is 154 g/mol. The largest absolute Gasteiger partial charge is 0.103 e. The Bertz CT molecular complexity index is 92.2. The Morgan fingerprint density at radius 2 is 1.91 bits per heavy atom. The molecule has 0 fully saturated rings. The summed E-state index contributed by atoms with van der Waals surface area (Å²) >= 11 is 0. The van der Waals surface area contributed by atoms with E-state index in [1.54, 1.807) is 0 Å². The maximum absolute atomic E-state index is 3.74. The molecule has 0 heterocycles. The van der Waals surface area contributed by atoms with Crippen molar-refractivity contribution in [2.24, 2.45) is 5.92 Å². The molecule has 0 amide bonds. The molecule has 1 atom stereocenters. The summed E-state index contributed by atoms with van der Waals surface area (Å²) in [5.74, 6) is 0.685. The van der Waals surface area contributed by atoms with Crippen molar-refractivity contribution in [3.8, 4) is 0 Å². The van der Waals surface area contributed by atoms with Gasteiger partial charge in [0.15, 0.2) is 0 Å². The third-order valence-corrected chi connectivity index (χ3v) is 1.72. The summed E-state index contributed by atoms with van der Waals surface area (Å²) in [5.41, 5.74) is 0. The van der Waals surface area contributed by atoms with Crippen LogP contribution in [0.25, 0.3) is 0 Å². The predicted octanol–water partition coefficient (Wildman–Crippen LogP) is 4.19. The van der Waals surface area contributed by atoms with Gasteiger partial charge in [-0.15, -0.1) is 13.2 Å². The van der Waals surface area contributed by atoms with E-state index in [4.69, 9.17) is 0 Å². The van der Waals surface area contributed by atoms with E-state index in [1.807, 2.05) is 12.2 Å². The second-order valence-electron chi connectivity index (χ2n) is 2.79. The molecule has 0 aromatic heterocycles. The van der Waals surface area contributed by atoms with Crippen molar-refractivity contribution in [2.45, 2.75) is 40.0 Å². The topological polar surface area (TPSA) is 0 Å². The zero-order chi connectivity index (χ0) is 7.82. The molecule has 0 nitrogen and oxygen atoms in total. The molecule has 0 spiro atoms. The van der Waals surface area contributed by atoms with Crippen molar-refractivity contribution in [3.05, 3.63) is 25.3 Å². The average molecular weight is 154 g/mol. The SMILES string of the molecule is C.C=CCCCCC(C)C=C. The highest BCUT2D eigenvalue weighted by Crippen LogP contribution is 2.09. The number of unbranched alkanes of at least 4 members (excludes halogenated alkanes) is 2. The predicted molar refractivity (Wildman–Crippen MR) is 54.8 cm³/mol. The minimum Gasteiger partial charge on any atom is -0.103 e. The summed E-state index contributed by atoms with van der Waals surface area (Å²) in [7, 11) is 0. The molecule has 0 aliphatic carbocycles. The zero-order valence-electron chi connectivity index (χ0n) is 6.97. The molecule has 1 unspecified atom stereocenters. The summed E-state index contributed by atoms with van der Waals surface area (Å²) in [6.07, 6.45) is 9.02. The lowest BCUT2D eigenvalue weighted by Gasteiger charge is -2.02. The molecule has 0 bridgehead atoms. The number of hydrogen-bond acceptors (Lipinski definition) is 0. The van der Waals surface area contributed by atoms with E-state index in [-0.39, 0.29) is 7.43 Å². The average Bonchev–Trinajstić information content (AvgIpc) is 1.98. The Morgan fingerprint density at radius 1 is 1.27 bits per heavy atom. The molecule has 0 radical (unpaired) electrons. The van der Waals surface area contributed by atoms with Crippen molar-refractivity contribution in [3.63, 3.8) is 0 Å². The van der Waals surface area contributed by atoms with Crippen LogP contribution in [0.5, 0.6) is 0 Å². The van der Waals surface area contributed by atoms with Crippen molar-refractivity contribution >= 4 is 0 Å². The van der Waals surface area contributed by atoms with Gasteiger partial charge >= 0.3 is 0 Å². The highest BCUT2D eigenvalue weighted by atomic mass is 14.0. The quantitative estimate of drug-likeness (QED) is 0.397. The zero-order valence-corrected chi connectivity index (χ0v) is 6.97. The lowest BCUT2D eigenvalue weighted by molar-refractivity contribution is 0.586. The molecule has 0 aliphatic rings. The summed E-state index contributed by atoms with van der Waals surface area (Å²) in [6, 6.07) is 0. The fraction of sp³-hybridized carbons (Fsp3) is 0.636. The van der Waals surface area contributed by atoms with Crippen LogP contribution in [0.3, 0.4) is 0 Å². The van der Waals surface area contributed by atoms with E-state index < -0.39 is 0 Å². The lowest BCUT2D eigenvalue weighted by Crippen LogP contribution is -1.87. The van der Waals surface area contributed by atoms with E-state index in [0.29, 0.717) is 5.92 Å². The maximum Gasteiger partial charge on any atom is -0.0265 e. The summed E-state index contributed by atoms with van der Waals surface area (Å²) in [6.45, 7) is 9.63. The molecule has 66 valence electrons. The first-order valence-electron chi connectivity index (χ1n) is 4.04. The van der Waals surface area contributed by atoms with Crippen LogP contribution in [0, 0.1) is 5.92 Å². The minimum absolute atomic E-state index is 0. The van der Waals surface area contributed by atoms with Crippen LogP contribution in [0.2, 0.25) is 0 Å². The Balaban J connectivity index is 0. The first-order valence-corrected chi connectivity index (χ1v) is 4.04. The van der Waals surface area contributed by atoms with E-state index in [0.717, 1.165) is 6.42 Å². The fourth-order valence-corrected chi connectivity index (χ4v) is 0.873. The second kappa shape index (κ2) is 9.48. The molecular formula is C11H22. The van der Waals surface area contributed by atoms with Gasteiger partial charge < -0.3 is 0 Å². The summed E-state index contributed by atoms with van der Waals surface area (Å²) < 4.78 is 0. The van der Waals surface area contributed by atoms with Crippen LogP contribution in [0.15, 0.2) is 25.3 Å². The van der Waals surface area contributed by atoms with Crippen LogP contribution < -0.4 is 0 Å². The summed E-state index contributed by atoms with van der Waals surface area (Å²) in [5, 5.41) is 0. The molecule has 0 aromatic rings. The van der Waals surface area contributed by atoms with Crippen molar-refractivity contribution < 1.29 is 0 Å². The highest BCUT2D eigenvalue weighted by Gasteiger charge is 1.93. The molecule has 0 aliphatic heterocycles. The van der Waals surface area contributed by atoms with Crippen LogP contribution in [0.1, 0.15) is 40.0 Å². The molecular weight excluding hydrogens is 132 g/mol. The van der Waals surface area contributed by atoms with Gasteiger partial charge in [-0.2, -0.15) is 0 Å². The first-order chi connectivity index (χ1) is 4.81. The normalized spacial score (nSPS) is 11.4. The van der Waals surface area contributed by atoms with Gasteiger partial charge in [-0.1, -0.05) is 32.9 Å². The summed E-state index contributed by atoms with van der Waals surface area (Å²) in [4.78, 5) is 0. The van der Waals surface area contributed by atoms with Crippen LogP contribution in [-0.4, -0.2) is 0 Å². The van der Waals surface area contributed by atoms with Gasteiger partial charge in [0.2, 0.25) is 0 Å². The molecule has 11 heavy (non-hydrogen) atoms. The van der Waals surface area contributed by atoms with Gasteiger partial charge in [-0.3, -0.25) is 0 Å². The molecule has 0 aromatic carbocycles. The smallest absolute Gasteiger partial charge is 0.0265 e. The van der Waals surface area contributed by atoms with Crippen molar-refractivity contribution in [2.75, 3.05) is 0 Å². The van der Waals surface area contributed by atoms with Crippen LogP contribution in [0.4, 0.5) is 0 Å². The van der Waals surface area contributed by atoms with Crippen LogP contribution >= 0.6 is 0 Å². The van der Waals surface area contributed by atoms with Crippen molar-refractivity contribution in [1.82, 2.24) is 0 Å². The van der Waals surface area contributed by atoms with Crippen LogP contribution in [-0.2, 0) is 0 Å². The minimum atomic E-state index is 0. The lowest BCUT2D eigenvalue weighted by atomic mass is 10.0. The standard InChI is InChI=1S/C10H18.CH4/c1-4-6-7-8-9-10(3)5-2;/h4-5,10H,1-2,6-9H2,3H3;1H4. The molecule has 0 N–H and O–H groups in total. The van der Waals surface area contributed by atoms with E-state index in [2.05, 4.69) is 20.1 Å². The maximum atomic E-state index is 3.74. The number of hydrogen-bond donors (Lipinski definition) is 0. The Morgan fingerprint density at radius 3 is 2.36 bits per heavy atom. The third kappa shape index (κ3) is 9.48. The molecule has 0 saturated heterocycles. The Hall–Kier alpha value is -0.520. The third-order valence-electron chi connectivity index (χ3n) is 1.72. The number of rotatable bonds is 6. The second-order valence-corrected chi connectivity index (χ2v) is 2.79. The van der Waals surface area contributed by atoms with Gasteiger partial charge in [-0.25, -0.2) is 0 Å². The fourth-order valence-electron chi connectivity index (χ4n) is 0.873. The van der Waals surface area contributed by atoms with Gasteiger partial charge in [0, 0.05) is 0 Å².